The van der Waals surface area contributed by atoms with Gasteiger partial charge in [0.2, 0.25) is 5.91 Å². The highest BCUT2D eigenvalue weighted by atomic mass is 16.1. The summed E-state index contributed by atoms with van der Waals surface area (Å²) in [5.74, 6) is 0.443. The van der Waals surface area contributed by atoms with Crippen LogP contribution in [0.3, 0.4) is 0 Å². The molecular weight excluding hydrogens is 226 g/mol. The van der Waals surface area contributed by atoms with Crippen LogP contribution < -0.4 is 5.32 Å². The molecule has 0 saturated heterocycles. The van der Waals surface area contributed by atoms with E-state index in [0.29, 0.717) is 6.54 Å². The summed E-state index contributed by atoms with van der Waals surface area (Å²) in [6.45, 7) is 0.601. The van der Waals surface area contributed by atoms with Crippen molar-refractivity contribution in [1.82, 2.24) is 15.5 Å². The lowest BCUT2D eigenvalue weighted by Gasteiger charge is -2.10. The van der Waals surface area contributed by atoms with E-state index < -0.39 is 0 Å². The van der Waals surface area contributed by atoms with Crippen molar-refractivity contribution in [3.8, 4) is 0 Å². The number of carbonyl (C=O) groups excluding carboxylic acids is 1. The minimum Gasteiger partial charge on any atom is -0.352 e. The van der Waals surface area contributed by atoms with Gasteiger partial charge in [-0.05, 0) is 24.5 Å². The van der Waals surface area contributed by atoms with E-state index in [0.717, 1.165) is 29.3 Å². The van der Waals surface area contributed by atoms with Gasteiger partial charge < -0.3 is 5.32 Å². The van der Waals surface area contributed by atoms with Gasteiger partial charge in [-0.2, -0.15) is 5.10 Å². The van der Waals surface area contributed by atoms with Crippen LogP contribution in [0.1, 0.15) is 31.2 Å². The first-order valence-electron chi connectivity index (χ1n) is 6.52. The maximum absolute atomic E-state index is 11.9. The molecule has 1 aliphatic rings. The Bertz CT molecular complexity index is 555. The van der Waals surface area contributed by atoms with Crippen molar-refractivity contribution in [2.75, 3.05) is 0 Å². The molecule has 0 spiro atoms. The number of amides is 1. The predicted molar refractivity (Wildman–Crippen MR) is 69.9 cm³/mol. The number of hydrogen-bond donors (Lipinski definition) is 2. The van der Waals surface area contributed by atoms with Crippen LogP contribution in [0.15, 0.2) is 24.4 Å². The molecule has 2 aromatic rings. The van der Waals surface area contributed by atoms with Crippen LogP contribution >= 0.6 is 0 Å². The van der Waals surface area contributed by atoms with Crippen LogP contribution in [0, 0.1) is 5.92 Å². The monoisotopic (exact) mass is 243 g/mol. The third-order valence-electron chi connectivity index (χ3n) is 3.70. The Hall–Kier alpha value is -1.84. The van der Waals surface area contributed by atoms with E-state index in [-0.39, 0.29) is 11.8 Å². The molecule has 0 aliphatic heterocycles. The number of hydrogen-bond acceptors (Lipinski definition) is 2. The van der Waals surface area contributed by atoms with Crippen molar-refractivity contribution in [1.29, 1.82) is 0 Å². The average molecular weight is 243 g/mol. The molecule has 0 atom stereocenters. The third-order valence-corrected chi connectivity index (χ3v) is 3.70. The second kappa shape index (κ2) is 4.80. The van der Waals surface area contributed by atoms with Crippen LogP contribution in [0.4, 0.5) is 0 Å². The van der Waals surface area contributed by atoms with Gasteiger partial charge in [0.15, 0.2) is 0 Å². The summed E-state index contributed by atoms with van der Waals surface area (Å²) in [5, 5.41) is 11.1. The summed E-state index contributed by atoms with van der Waals surface area (Å²) in [5.41, 5.74) is 2.13. The molecule has 1 heterocycles. The first-order chi connectivity index (χ1) is 8.83. The summed E-state index contributed by atoms with van der Waals surface area (Å²) >= 11 is 0. The van der Waals surface area contributed by atoms with E-state index in [1.807, 2.05) is 18.2 Å². The maximum atomic E-state index is 11.9. The Balaban J connectivity index is 1.63. The molecule has 0 radical (unpaired) electrons. The van der Waals surface area contributed by atoms with Gasteiger partial charge in [0, 0.05) is 17.8 Å². The van der Waals surface area contributed by atoms with Crippen LogP contribution in [-0.2, 0) is 11.3 Å². The Morgan fingerprint density at radius 3 is 3.06 bits per heavy atom. The summed E-state index contributed by atoms with van der Waals surface area (Å²) < 4.78 is 0. The normalized spacial score (nSPS) is 16.2. The van der Waals surface area contributed by atoms with Crippen molar-refractivity contribution in [3.05, 3.63) is 30.0 Å². The fourth-order valence-electron chi connectivity index (χ4n) is 2.62. The fourth-order valence-corrected chi connectivity index (χ4v) is 2.62. The van der Waals surface area contributed by atoms with Crippen molar-refractivity contribution < 1.29 is 4.79 Å². The average Bonchev–Trinajstić information content (AvgIpc) is 3.05. The Kier molecular flexibility index (Phi) is 3.00. The molecule has 1 saturated carbocycles. The Morgan fingerprint density at radius 2 is 2.22 bits per heavy atom. The van der Waals surface area contributed by atoms with E-state index in [1.54, 1.807) is 6.20 Å². The van der Waals surface area contributed by atoms with Gasteiger partial charge in [0.05, 0.1) is 11.7 Å². The SMILES string of the molecule is O=C(NCc1ccc2cn[nH]c2c1)C1CCCC1. The van der Waals surface area contributed by atoms with Crippen LogP contribution in [0.5, 0.6) is 0 Å². The van der Waals surface area contributed by atoms with Gasteiger partial charge in [-0.1, -0.05) is 25.0 Å². The molecule has 1 aromatic heterocycles. The molecule has 18 heavy (non-hydrogen) atoms. The van der Waals surface area contributed by atoms with E-state index in [9.17, 15) is 4.79 Å². The van der Waals surface area contributed by atoms with Crippen molar-refractivity contribution in [2.24, 2.45) is 5.92 Å². The van der Waals surface area contributed by atoms with Crippen LogP contribution in [0.25, 0.3) is 10.9 Å². The highest BCUT2D eigenvalue weighted by Gasteiger charge is 2.22. The van der Waals surface area contributed by atoms with E-state index in [4.69, 9.17) is 0 Å². The van der Waals surface area contributed by atoms with Crippen molar-refractivity contribution in [3.63, 3.8) is 0 Å². The van der Waals surface area contributed by atoms with Crippen molar-refractivity contribution in [2.45, 2.75) is 32.2 Å². The standard InChI is InChI=1S/C14H17N3O/c18-14(11-3-1-2-4-11)15-8-10-5-6-12-9-16-17-13(12)7-10/h5-7,9,11H,1-4,8H2,(H,15,18)(H,16,17). The zero-order valence-electron chi connectivity index (χ0n) is 10.3. The Labute approximate surface area is 106 Å². The molecule has 1 fully saturated rings. The Morgan fingerprint density at radius 1 is 1.39 bits per heavy atom. The summed E-state index contributed by atoms with van der Waals surface area (Å²) in [6, 6.07) is 6.10. The number of nitrogens with zero attached hydrogens (tertiary/aromatic N) is 1. The molecule has 1 amide bonds. The maximum Gasteiger partial charge on any atom is 0.223 e. The number of aromatic amines is 1. The third kappa shape index (κ3) is 2.23. The summed E-state index contributed by atoms with van der Waals surface area (Å²) in [4.78, 5) is 11.9. The topological polar surface area (TPSA) is 57.8 Å². The van der Waals surface area contributed by atoms with Gasteiger partial charge in [0.25, 0.3) is 0 Å². The van der Waals surface area contributed by atoms with E-state index in [2.05, 4.69) is 15.5 Å². The minimum absolute atomic E-state index is 0.206. The van der Waals surface area contributed by atoms with Crippen LogP contribution in [-0.4, -0.2) is 16.1 Å². The summed E-state index contributed by atoms with van der Waals surface area (Å²) in [6.07, 6.45) is 6.28. The molecule has 1 aliphatic carbocycles. The van der Waals surface area contributed by atoms with Gasteiger partial charge >= 0.3 is 0 Å². The second-order valence-corrected chi connectivity index (χ2v) is 4.99. The zero-order chi connectivity index (χ0) is 12.4. The molecule has 1 aromatic carbocycles. The lowest BCUT2D eigenvalue weighted by atomic mass is 10.1. The molecule has 2 N–H and O–H groups in total. The van der Waals surface area contributed by atoms with Crippen LogP contribution in [0.2, 0.25) is 0 Å². The molecule has 0 bridgehead atoms. The number of benzene rings is 1. The number of carbonyl (C=O) groups is 1. The highest BCUT2D eigenvalue weighted by Crippen LogP contribution is 2.24. The summed E-state index contributed by atoms with van der Waals surface area (Å²) in [7, 11) is 0. The number of rotatable bonds is 3. The molecular formula is C14H17N3O. The van der Waals surface area contributed by atoms with E-state index in [1.165, 1.54) is 12.8 Å². The number of aromatic nitrogens is 2. The lowest BCUT2D eigenvalue weighted by Crippen LogP contribution is -2.28. The molecule has 4 nitrogen and oxygen atoms in total. The van der Waals surface area contributed by atoms with Crippen molar-refractivity contribution >= 4 is 16.8 Å². The molecule has 0 unspecified atom stereocenters. The van der Waals surface area contributed by atoms with Gasteiger partial charge in [-0.3, -0.25) is 9.89 Å². The first-order valence-corrected chi connectivity index (χ1v) is 6.52. The molecule has 3 rings (SSSR count). The smallest absolute Gasteiger partial charge is 0.223 e. The number of nitrogens with one attached hydrogen (secondary N) is 2. The van der Waals surface area contributed by atoms with Gasteiger partial charge in [0.1, 0.15) is 0 Å². The number of H-pyrrole nitrogens is 1. The lowest BCUT2D eigenvalue weighted by molar-refractivity contribution is -0.124. The fraction of sp³-hybridized carbons (Fsp3) is 0.429. The van der Waals surface area contributed by atoms with E-state index >= 15 is 0 Å². The predicted octanol–water partition coefficient (Wildman–Crippen LogP) is 2.37. The first kappa shape index (κ1) is 11.3. The highest BCUT2D eigenvalue weighted by molar-refractivity contribution is 5.80. The number of fused-ring (bicyclic) bond motifs is 1. The largest absolute Gasteiger partial charge is 0.352 e. The van der Waals surface area contributed by atoms with Gasteiger partial charge in [-0.15, -0.1) is 0 Å². The second-order valence-electron chi connectivity index (χ2n) is 4.99. The minimum atomic E-state index is 0.206. The molecule has 94 valence electrons. The van der Waals surface area contributed by atoms with Gasteiger partial charge in [-0.25, -0.2) is 0 Å². The molecule has 4 heteroatoms. The quantitative estimate of drug-likeness (QED) is 0.869. The zero-order valence-corrected chi connectivity index (χ0v) is 10.3.